The van der Waals surface area contributed by atoms with E-state index in [9.17, 15) is 10.2 Å². The van der Waals surface area contributed by atoms with E-state index in [0.29, 0.717) is 6.61 Å². The first kappa shape index (κ1) is 24.6. The molecule has 180 valence electrons. The van der Waals surface area contributed by atoms with Gasteiger partial charge in [-0.1, -0.05) is 31.2 Å². The number of fused-ring (bicyclic) bond motifs is 1. The number of ether oxygens (including phenoxy) is 2. The number of thioether (sulfide) groups is 1. The van der Waals surface area contributed by atoms with Crippen LogP contribution in [0.5, 0.6) is 23.0 Å². The highest BCUT2D eigenvalue weighted by atomic mass is 35.5. The minimum atomic E-state index is -0.242. The third-order valence-corrected chi connectivity index (χ3v) is 7.65. The van der Waals surface area contributed by atoms with Gasteiger partial charge < -0.3 is 19.7 Å². The van der Waals surface area contributed by atoms with Crippen LogP contribution in [0.25, 0.3) is 0 Å². The SMILES string of the molecule is C[C@@H]1CCN(CCOc2ccc([C@@H]3Oc4ccc(O)cc4S[C@@H]3c3cccc(O)c3)cc2)C1.Cl. The smallest absolute Gasteiger partial charge is 0.140 e. The van der Waals surface area contributed by atoms with Crippen molar-refractivity contribution in [3.8, 4) is 23.0 Å². The summed E-state index contributed by atoms with van der Waals surface area (Å²) in [5, 5.41) is 19.9. The Balaban J connectivity index is 0.00000274. The van der Waals surface area contributed by atoms with Gasteiger partial charge in [0.15, 0.2) is 0 Å². The van der Waals surface area contributed by atoms with Crippen molar-refractivity contribution in [1.82, 2.24) is 4.90 Å². The van der Waals surface area contributed by atoms with Crippen molar-refractivity contribution >= 4 is 24.2 Å². The van der Waals surface area contributed by atoms with Crippen molar-refractivity contribution in [2.45, 2.75) is 29.6 Å². The number of halogens is 1. The van der Waals surface area contributed by atoms with E-state index in [1.165, 1.54) is 6.42 Å². The van der Waals surface area contributed by atoms with E-state index in [1.807, 2.05) is 24.3 Å². The van der Waals surface area contributed by atoms with Crippen LogP contribution in [0.1, 0.15) is 35.8 Å². The molecular formula is C27H30ClNO4S. The first-order valence-electron chi connectivity index (χ1n) is 11.5. The van der Waals surface area contributed by atoms with Crippen LogP contribution in [0.4, 0.5) is 0 Å². The van der Waals surface area contributed by atoms with E-state index in [-0.39, 0.29) is 35.3 Å². The predicted molar refractivity (Wildman–Crippen MR) is 138 cm³/mol. The molecule has 34 heavy (non-hydrogen) atoms. The van der Waals surface area contributed by atoms with Gasteiger partial charge in [0.2, 0.25) is 0 Å². The molecule has 0 unspecified atom stereocenters. The average molecular weight is 500 g/mol. The van der Waals surface area contributed by atoms with Crippen molar-refractivity contribution in [2.75, 3.05) is 26.2 Å². The Morgan fingerprint density at radius 1 is 1.00 bits per heavy atom. The molecule has 5 nitrogen and oxygen atoms in total. The van der Waals surface area contributed by atoms with Gasteiger partial charge in [-0.15, -0.1) is 24.2 Å². The second-order valence-electron chi connectivity index (χ2n) is 8.91. The minimum Gasteiger partial charge on any atom is -0.508 e. The zero-order chi connectivity index (χ0) is 22.8. The monoisotopic (exact) mass is 499 g/mol. The Bertz CT molecular complexity index is 1110. The number of hydrogen-bond acceptors (Lipinski definition) is 6. The standard InChI is InChI=1S/C27H29NO4S.ClH/c1-18-11-12-28(17-18)13-14-31-23-8-5-19(6-9-23)26-27(20-3-2-4-21(29)15-20)33-25-16-22(30)7-10-24(25)32-26;/h2-10,15-16,18,26-27,29-30H,11-14,17H2,1H3;1H/t18-,26+,27-;/m1./s1. The molecule has 0 radical (unpaired) electrons. The first-order chi connectivity index (χ1) is 16.0. The van der Waals surface area contributed by atoms with Crippen molar-refractivity contribution in [2.24, 2.45) is 5.92 Å². The van der Waals surface area contributed by atoms with Gasteiger partial charge in [0.05, 0.1) is 10.1 Å². The van der Waals surface area contributed by atoms with Gasteiger partial charge in [0, 0.05) is 13.1 Å². The quantitative estimate of drug-likeness (QED) is 0.420. The zero-order valence-electron chi connectivity index (χ0n) is 19.1. The molecule has 3 aromatic rings. The van der Waals surface area contributed by atoms with Crippen LogP contribution >= 0.6 is 24.2 Å². The van der Waals surface area contributed by atoms with E-state index >= 15 is 0 Å². The highest BCUT2D eigenvalue weighted by molar-refractivity contribution is 7.99. The topological polar surface area (TPSA) is 62.2 Å². The summed E-state index contributed by atoms with van der Waals surface area (Å²) in [5.41, 5.74) is 2.01. The number of hydrogen-bond donors (Lipinski definition) is 2. The molecule has 2 aliphatic rings. The molecule has 1 saturated heterocycles. The van der Waals surface area contributed by atoms with Crippen molar-refractivity contribution in [3.05, 3.63) is 77.9 Å². The summed E-state index contributed by atoms with van der Waals surface area (Å²) in [7, 11) is 0. The number of phenols is 2. The van der Waals surface area contributed by atoms with Gasteiger partial charge in [0.25, 0.3) is 0 Å². The van der Waals surface area contributed by atoms with Gasteiger partial charge in [-0.3, -0.25) is 4.90 Å². The largest absolute Gasteiger partial charge is 0.508 e. The van der Waals surface area contributed by atoms with E-state index in [0.717, 1.165) is 53.1 Å². The number of benzene rings is 3. The molecule has 1 fully saturated rings. The van der Waals surface area contributed by atoms with Crippen LogP contribution in [-0.4, -0.2) is 41.4 Å². The molecule has 0 spiro atoms. The normalized spacial score (nSPS) is 21.9. The summed E-state index contributed by atoms with van der Waals surface area (Å²) in [6.07, 6.45) is 1.03. The maximum Gasteiger partial charge on any atom is 0.140 e. The summed E-state index contributed by atoms with van der Waals surface area (Å²) >= 11 is 1.64. The predicted octanol–water partition coefficient (Wildman–Crippen LogP) is 6.21. The molecule has 0 aliphatic carbocycles. The summed E-state index contributed by atoms with van der Waals surface area (Å²) in [6.45, 7) is 6.27. The number of nitrogens with zero attached hydrogens (tertiary/aromatic N) is 1. The maximum absolute atomic E-state index is 10.0. The highest BCUT2D eigenvalue weighted by Crippen LogP contribution is 2.54. The minimum absolute atomic E-state index is 0. The summed E-state index contributed by atoms with van der Waals surface area (Å²) in [4.78, 5) is 3.34. The Morgan fingerprint density at radius 3 is 2.53 bits per heavy atom. The van der Waals surface area contributed by atoms with Crippen molar-refractivity contribution in [1.29, 1.82) is 0 Å². The van der Waals surface area contributed by atoms with E-state index in [4.69, 9.17) is 9.47 Å². The van der Waals surface area contributed by atoms with Crippen LogP contribution in [0, 0.1) is 5.92 Å². The first-order valence-corrected chi connectivity index (χ1v) is 12.3. The van der Waals surface area contributed by atoms with Gasteiger partial charge in [0.1, 0.15) is 35.7 Å². The highest BCUT2D eigenvalue weighted by Gasteiger charge is 2.34. The molecule has 3 atom stereocenters. The molecule has 3 aromatic carbocycles. The summed E-state index contributed by atoms with van der Waals surface area (Å²) in [6, 6.07) is 20.6. The second kappa shape index (κ2) is 10.8. The third kappa shape index (κ3) is 5.57. The van der Waals surface area contributed by atoms with Crippen LogP contribution < -0.4 is 9.47 Å². The molecule has 2 N–H and O–H groups in total. The molecular weight excluding hydrogens is 470 g/mol. The third-order valence-electron chi connectivity index (χ3n) is 6.30. The summed E-state index contributed by atoms with van der Waals surface area (Å²) < 4.78 is 12.4. The van der Waals surface area contributed by atoms with Crippen molar-refractivity contribution < 1.29 is 19.7 Å². The number of phenolic OH excluding ortho intramolecular Hbond substituents is 2. The van der Waals surface area contributed by atoms with Crippen LogP contribution in [0.15, 0.2) is 71.6 Å². The van der Waals surface area contributed by atoms with Gasteiger partial charge in [-0.05, 0) is 72.5 Å². The maximum atomic E-state index is 10.0. The average Bonchev–Trinajstić information content (AvgIpc) is 3.23. The fourth-order valence-corrected chi connectivity index (χ4v) is 5.86. The second-order valence-corrected chi connectivity index (χ2v) is 10.1. The Hall–Kier alpha value is -2.54. The van der Waals surface area contributed by atoms with Gasteiger partial charge in [-0.25, -0.2) is 0 Å². The molecule has 0 bridgehead atoms. The van der Waals surface area contributed by atoms with E-state index < -0.39 is 0 Å². The lowest BCUT2D eigenvalue weighted by Crippen LogP contribution is -2.25. The zero-order valence-corrected chi connectivity index (χ0v) is 20.7. The Morgan fingerprint density at radius 2 is 1.79 bits per heavy atom. The Labute approximate surface area is 211 Å². The number of likely N-dealkylation sites (tertiary alicyclic amines) is 1. The molecule has 0 aromatic heterocycles. The molecule has 0 saturated carbocycles. The molecule has 5 rings (SSSR count). The fourth-order valence-electron chi connectivity index (χ4n) is 4.55. The molecule has 7 heteroatoms. The molecule has 2 heterocycles. The van der Waals surface area contributed by atoms with Crippen LogP contribution in [0.3, 0.4) is 0 Å². The summed E-state index contributed by atoms with van der Waals surface area (Å²) in [5.74, 6) is 2.83. The van der Waals surface area contributed by atoms with E-state index in [1.54, 1.807) is 42.1 Å². The number of aromatic hydroxyl groups is 2. The molecule has 2 aliphatic heterocycles. The Kier molecular flexibility index (Phi) is 7.81. The van der Waals surface area contributed by atoms with Crippen molar-refractivity contribution in [3.63, 3.8) is 0 Å². The van der Waals surface area contributed by atoms with Crippen LogP contribution in [-0.2, 0) is 0 Å². The van der Waals surface area contributed by atoms with Crippen LogP contribution in [0.2, 0.25) is 0 Å². The van der Waals surface area contributed by atoms with Gasteiger partial charge in [-0.2, -0.15) is 0 Å². The lowest BCUT2D eigenvalue weighted by Gasteiger charge is -2.34. The lowest BCUT2D eigenvalue weighted by atomic mass is 10.00. The molecule has 0 amide bonds. The fraction of sp³-hybridized carbons (Fsp3) is 0.333. The van der Waals surface area contributed by atoms with E-state index in [2.05, 4.69) is 24.0 Å². The van der Waals surface area contributed by atoms with Gasteiger partial charge >= 0.3 is 0 Å². The lowest BCUT2D eigenvalue weighted by molar-refractivity contribution is 0.190. The number of rotatable bonds is 6.